The minimum Gasteiger partial charge on any atom is -0.270 e. The standard InChI is InChI=1S/C13H9BrFN3/c1-7-6-8(15)2-3-9(7)12-11-10(4-5-16-12)17-18-13(11)14/h2-6H,1H3,(H,17,18). The van der Waals surface area contributed by atoms with E-state index < -0.39 is 0 Å². The first-order chi connectivity index (χ1) is 8.66. The third kappa shape index (κ3) is 1.71. The average molecular weight is 306 g/mol. The number of aryl methyl sites for hydroxylation is 1. The lowest BCUT2D eigenvalue weighted by Crippen LogP contribution is -1.89. The first-order valence-corrected chi connectivity index (χ1v) is 6.21. The molecule has 3 nitrogen and oxygen atoms in total. The molecule has 3 rings (SSSR count). The molecule has 0 aliphatic heterocycles. The zero-order chi connectivity index (χ0) is 12.7. The number of hydrogen-bond donors (Lipinski definition) is 1. The van der Waals surface area contributed by atoms with Crippen LogP contribution in [0.1, 0.15) is 5.56 Å². The number of H-pyrrole nitrogens is 1. The van der Waals surface area contributed by atoms with Gasteiger partial charge in [0.05, 0.1) is 16.6 Å². The fourth-order valence-corrected chi connectivity index (χ4v) is 2.50. The molecule has 0 unspecified atom stereocenters. The predicted molar refractivity (Wildman–Crippen MR) is 71.7 cm³/mol. The summed E-state index contributed by atoms with van der Waals surface area (Å²) in [7, 11) is 0. The number of fused-ring (bicyclic) bond motifs is 1. The Morgan fingerprint density at radius 2 is 2.11 bits per heavy atom. The van der Waals surface area contributed by atoms with Crippen LogP contribution in [-0.2, 0) is 0 Å². The van der Waals surface area contributed by atoms with Gasteiger partial charge in [-0.3, -0.25) is 10.1 Å². The van der Waals surface area contributed by atoms with Crippen LogP contribution in [0, 0.1) is 12.7 Å². The summed E-state index contributed by atoms with van der Waals surface area (Å²) in [6, 6.07) is 6.52. The number of pyridine rings is 1. The quantitative estimate of drug-likeness (QED) is 0.742. The number of aromatic nitrogens is 3. The zero-order valence-corrected chi connectivity index (χ0v) is 11.1. The summed E-state index contributed by atoms with van der Waals surface area (Å²) in [5.41, 5.74) is 3.38. The number of hydrogen-bond acceptors (Lipinski definition) is 2. The third-order valence-electron chi connectivity index (χ3n) is 2.87. The first kappa shape index (κ1) is 11.3. The molecular weight excluding hydrogens is 297 g/mol. The number of benzene rings is 1. The molecule has 0 saturated carbocycles. The maximum absolute atomic E-state index is 13.1. The van der Waals surface area contributed by atoms with Gasteiger partial charge in [-0.1, -0.05) is 0 Å². The van der Waals surface area contributed by atoms with Crippen molar-refractivity contribution in [2.24, 2.45) is 0 Å². The van der Waals surface area contributed by atoms with Crippen LogP contribution in [0.25, 0.3) is 22.2 Å². The number of nitrogens with zero attached hydrogens (tertiary/aromatic N) is 2. The number of halogens is 2. The Hall–Kier alpha value is -1.75. The molecule has 0 aliphatic rings. The van der Waals surface area contributed by atoms with Gasteiger partial charge in [-0.15, -0.1) is 0 Å². The van der Waals surface area contributed by atoms with Crippen molar-refractivity contribution in [2.45, 2.75) is 6.92 Å². The van der Waals surface area contributed by atoms with Crippen LogP contribution in [0.3, 0.4) is 0 Å². The van der Waals surface area contributed by atoms with Crippen LogP contribution in [0.4, 0.5) is 4.39 Å². The minimum absolute atomic E-state index is 0.241. The van der Waals surface area contributed by atoms with Crippen LogP contribution < -0.4 is 0 Å². The third-order valence-corrected chi connectivity index (χ3v) is 3.44. The summed E-state index contributed by atoms with van der Waals surface area (Å²) in [6.45, 7) is 1.87. The molecule has 0 atom stereocenters. The fraction of sp³-hybridized carbons (Fsp3) is 0.0769. The normalized spacial score (nSPS) is 11.1. The lowest BCUT2D eigenvalue weighted by atomic mass is 10.0. The van der Waals surface area contributed by atoms with E-state index in [2.05, 4.69) is 31.1 Å². The van der Waals surface area contributed by atoms with Crippen molar-refractivity contribution in [3.63, 3.8) is 0 Å². The monoisotopic (exact) mass is 305 g/mol. The molecule has 0 spiro atoms. The SMILES string of the molecule is Cc1cc(F)ccc1-c1nccc2n[nH]c(Br)c12. The van der Waals surface area contributed by atoms with E-state index in [1.807, 2.05) is 13.0 Å². The Morgan fingerprint density at radius 1 is 1.28 bits per heavy atom. The molecule has 2 heterocycles. The summed E-state index contributed by atoms with van der Waals surface area (Å²) in [4.78, 5) is 4.39. The molecule has 90 valence electrons. The van der Waals surface area contributed by atoms with Gasteiger partial charge in [0.1, 0.15) is 10.4 Å². The first-order valence-electron chi connectivity index (χ1n) is 5.42. The highest BCUT2D eigenvalue weighted by molar-refractivity contribution is 9.10. The van der Waals surface area contributed by atoms with Gasteiger partial charge < -0.3 is 0 Å². The van der Waals surface area contributed by atoms with E-state index in [-0.39, 0.29) is 5.82 Å². The highest BCUT2D eigenvalue weighted by Gasteiger charge is 2.13. The second kappa shape index (κ2) is 4.17. The van der Waals surface area contributed by atoms with Crippen LogP contribution in [0.15, 0.2) is 35.1 Å². The minimum atomic E-state index is -0.241. The molecule has 18 heavy (non-hydrogen) atoms. The van der Waals surface area contributed by atoms with Crippen LogP contribution >= 0.6 is 15.9 Å². The summed E-state index contributed by atoms with van der Waals surface area (Å²) >= 11 is 3.42. The van der Waals surface area contributed by atoms with Gasteiger partial charge in [0.25, 0.3) is 0 Å². The van der Waals surface area contributed by atoms with E-state index in [4.69, 9.17) is 0 Å². The summed E-state index contributed by atoms with van der Waals surface area (Å²) < 4.78 is 13.9. The van der Waals surface area contributed by atoms with Gasteiger partial charge in [-0.2, -0.15) is 5.10 Å². The van der Waals surface area contributed by atoms with Gasteiger partial charge in [-0.05, 0) is 52.7 Å². The highest BCUT2D eigenvalue weighted by Crippen LogP contribution is 2.32. The summed E-state index contributed by atoms with van der Waals surface area (Å²) in [5, 5.41) is 7.95. The fourth-order valence-electron chi connectivity index (χ4n) is 2.02. The molecule has 0 saturated heterocycles. The molecule has 2 aromatic heterocycles. The summed E-state index contributed by atoms with van der Waals surface area (Å²) in [5.74, 6) is -0.241. The van der Waals surface area contributed by atoms with Crippen molar-refractivity contribution in [1.82, 2.24) is 15.2 Å². The number of nitrogens with one attached hydrogen (secondary N) is 1. The van der Waals surface area contributed by atoms with Crippen LogP contribution in [0.5, 0.6) is 0 Å². The van der Waals surface area contributed by atoms with Crippen LogP contribution in [-0.4, -0.2) is 15.2 Å². The van der Waals surface area contributed by atoms with E-state index in [1.165, 1.54) is 12.1 Å². The van der Waals surface area contributed by atoms with Crippen molar-refractivity contribution in [1.29, 1.82) is 0 Å². The van der Waals surface area contributed by atoms with Crippen molar-refractivity contribution in [3.05, 3.63) is 46.4 Å². The second-order valence-corrected chi connectivity index (χ2v) is 4.84. The number of aromatic amines is 1. The Morgan fingerprint density at radius 3 is 2.89 bits per heavy atom. The van der Waals surface area contributed by atoms with Gasteiger partial charge in [0, 0.05) is 11.8 Å². The molecular formula is C13H9BrFN3. The predicted octanol–water partition coefficient (Wildman–Crippen LogP) is 3.83. The lowest BCUT2D eigenvalue weighted by molar-refractivity contribution is 0.627. The van der Waals surface area contributed by atoms with Gasteiger partial charge in [0.2, 0.25) is 0 Å². The molecule has 0 amide bonds. The Labute approximate surface area is 111 Å². The molecule has 3 aromatic rings. The maximum atomic E-state index is 13.1. The van der Waals surface area contributed by atoms with Crippen molar-refractivity contribution < 1.29 is 4.39 Å². The Kier molecular flexibility index (Phi) is 2.63. The molecule has 0 fully saturated rings. The van der Waals surface area contributed by atoms with Gasteiger partial charge in [-0.25, -0.2) is 4.39 Å². The topological polar surface area (TPSA) is 41.6 Å². The van der Waals surface area contributed by atoms with Gasteiger partial charge in [0.15, 0.2) is 0 Å². The van der Waals surface area contributed by atoms with E-state index in [0.717, 1.165) is 32.3 Å². The summed E-state index contributed by atoms with van der Waals surface area (Å²) in [6.07, 6.45) is 1.70. The number of rotatable bonds is 1. The molecule has 0 bridgehead atoms. The Balaban J connectivity index is 2.34. The molecule has 5 heteroatoms. The second-order valence-electron chi connectivity index (χ2n) is 4.05. The molecule has 0 aliphatic carbocycles. The van der Waals surface area contributed by atoms with Crippen molar-refractivity contribution in [3.8, 4) is 11.3 Å². The lowest BCUT2D eigenvalue weighted by Gasteiger charge is -2.06. The van der Waals surface area contributed by atoms with Crippen molar-refractivity contribution >= 4 is 26.8 Å². The van der Waals surface area contributed by atoms with E-state index >= 15 is 0 Å². The molecule has 0 radical (unpaired) electrons. The average Bonchev–Trinajstić information content (AvgIpc) is 2.72. The van der Waals surface area contributed by atoms with E-state index in [9.17, 15) is 4.39 Å². The van der Waals surface area contributed by atoms with E-state index in [0.29, 0.717) is 0 Å². The van der Waals surface area contributed by atoms with Crippen molar-refractivity contribution in [2.75, 3.05) is 0 Å². The molecule has 1 aromatic carbocycles. The maximum Gasteiger partial charge on any atom is 0.123 e. The smallest absolute Gasteiger partial charge is 0.123 e. The largest absolute Gasteiger partial charge is 0.270 e. The Bertz CT molecular complexity index is 736. The zero-order valence-electron chi connectivity index (χ0n) is 9.54. The van der Waals surface area contributed by atoms with Crippen LogP contribution in [0.2, 0.25) is 0 Å². The molecule has 1 N–H and O–H groups in total. The van der Waals surface area contributed by atoms with E-state index in [1.54, 1.807) is 12.3 Å². The highest BCUT2D eigenvalue weighted by atomic mass is 79.9. The van der Waals surface area contributed by atoms with Gasteiger partial charge >= 0.3 is 0 Å².